The highest BCUT2D eigenvalue weighted by molar-refractivity contribution is 14.0. The molecule has 1 amide bonds. The fraction of sp³-hybridized carbons (Fsp3) is 0.556. The number of nitrogens with zero attached hydrogens (tertiary/aromatic N) is 2. The van der Waals surface area contributed by atoms with E-state index in [4.69, 9.17) is 4.74 Å². The normalized spacial score (nSPS) is 10.6. The maximum absolute atomic E-state index is 11.4. The van der Waals surface area contributed by atoms with Crippen molar-refractivity contribution in [2.45, 2.75) is 33.2 Å². The Morgan fingerprint density at radius 3 is 2.68 bits per heavy atom. The van der Waals surface area contributed by atoms with Gasteiger partial charge in [0.25, 0.3) is 5.91 Å². The van der Waals surface area contributed by atoms with Crippen molar-refractivity contribution in [3.8, 4) is 5.75 Å². The second kappa shape index (κ2) is 13.7. The molecule has 0 aliphatic carbocycles. The van der Waals surface area contributed by atoms with Gasteiger partial charge in [0.2, 0.25) is 0 Å². The minimum Gasteiger partial charge on any atom is -0.484 e. The Morgan fingerprint density at radius 1 is 1.28 bits per heavy atom. The number of carbonyl (C=O) groups is 1. The summed E-state index contributed by atoms with van der Waals surface area (Å²) in [4.78, 5) is 17.9. The smallest absolute Gasteiger partial charge is 0.257 e. The molecule has 0 aliphatic rings. The molecule has 0 unspecified atom stereocenters. The van der Waals surface area contributed by atoms with Crippen molar-refractivity contribution in [3.63, 3.8) is 0 Å². The molecule has 0 radical (unpaired) electrons. The molecule has 142 valence electrons. The van der Waals surface area contributed by atoms with E-state index in [1.807, 2.05) is 38.2 Å². The Morgan fingerprint density at radius 2 is 2.04 bits per heavy atom. The summed E-state index contributed by atoms with van der Waals surface area (Å²) in [7, 11) is 3.83. The van der Waals surface area contributed by atoms with Crippen LogP contribution in [0.15, 0.2) is 29.3 Å². The first kappa shape index (κ1) is 23.5. The number of unbranched alkanes of at least 4 members (excludes halogenated alkanes) is 1. The minimum atomic E-state index is -0.112. The Kier molecular flexibility index (Phi) is 12.9. The molecule has 1 rings (SSSR count). The zero-order valence-electron chi connectivity index (χ0n) is 15.7. The van der Waals surface area contributed by atoms with E-state index in [-0.39, 0.29) is 36.5 Å². The third-order valence-electron chi connectivity index (χ3n) is 3.51. The van der Waals surface area contributed by atoms with Crippen LogP contribution in [0.5, 0.6) is 5.75 Å². The number of rotatable bonds is 9. The number of hydrogen-bond acceptors (Lipinski definition) is 3. The average molecular weight is 462 g/mol. The lowest BCUT2D eigenvalue weighted by molar-refractivity contribution is -0.122. The number of amides is 1. The predicted octanol–water partition coefficient (Wildman–Crippen LogP) is 2.63. The average Bonchev–Trinajstić information content (AvgIpc) is 2.59. The number of hydrogen-bond donors (Lipinski definition) is 2. The Balaban J connectivity index is 0.00000576. The van der Waals surface area contributed by atoms with Gasteiger partial charge in [0.15, 0.2) is 12.6 Å². The molecule has 7 heteroatoms. The van der Waals surface area contributed by atoms with Crippen LogP contribution in [0.2, 0.25) is 0 Å². The van der Waals surface area contributed by atoms with Gasteiger partial charge in [-0.15, -0.1) is 24.0 Å². The third-order valence-corrected chi connectivity index (χ3v) is 3.51. The van der Waals surface area contributed by atoms with Crippen molar-refractivity contribution in [2.75, 3.05) is 33.8 Å². The molecule has 25 heavy (non-hydrogen) atoms. The fourth-order valence-electron chi connectivity index (χ4n) is 2.21. The summed E-state index contributed by atoms with van der Waals surface area (Å²) in [6, 6.07) is 7.73. The number of halogens is 1. The second-order valence-corrected chi connectivity index (χ2v) is 5.57. The van der Waals surface area contributed by atoms with Crippen LogP contribution in [0.3, 0.4) is 0 Å². The van der Waals surface area contributed by atoms with E-state index in [1.54, 1.807) is 7.05 Å². The molecule has 1 aromatic carbocycles. The van der Waals surface area contributed by atoms with Gasteiger partial charge in [0.05, 0.1) is 0 Å². The molecule has 0 heterocycles. The van der Waals surface area contributed by atoms with E-state index < -0.39 is 0 Å². The molecule has 0 atom stereocenters. The number of likely N-dealkylation sites (N-methyl/N-ethyl adjacent to an activating group) is 1. The van der Waals surface area contributed by atoms with E-state index in [2.05, 4.69) is 27.4 Å². The number of guanidine groups is 1. The van der Waals surface area contributed by atoms with Crippen molar-refractivity contribution in [3.05, 3.63) is 29.8 Å². The molecule has 1 aromatic rings. The van der Waals surface area contributed by atoms with Crippen LogP contribution in [0.25, 0.3) is 0 Å². The van der Waals surface area contributed by atoms with Crippen molar-refractivity contribution in [2.24, 2.45) is 4.99 Å². The lowest BCUT2D eigenvalue weighted by Gasteiger charge is -2.22. The van der Waals surface area contributed by atoms with Gasteiger partial charge >= 0.3 is 0 Å². The van der Waals surface area contributed by atoms with Crippen LogP contribution < -0.4 is 15.4 Å². The maximum atomic E-state index is 11.4. The standard InChI is InChI=1S/C18H30N4O2.HI/c1-5-7-11-22(4)18(19-3)21-13-15-9-8-10-16(12-15)24-14-17(23)20-6-2;/h8-10,12H,5-7,11,13-14H2,1-4H3,(H,19,21)(H,20,23);1H. The molecular weight excluding hydrogens is 431 g/mol. The number of nitrogens with one attached hydrogen (secondary N) is 2. The molecule has 2 N–H and O–H groups in total. The summed E-state index contributed by atoms with van der Waals surface area (Å²) < 4.78 is 5.51. The van der Waals surface area contributed by atoms with Gasteiger partial charge < -0.3 is 20.3 Å². The highest BCUT2D eigenvalue weighted by Crippen LogP contribution is 2.13. The van der Waals surface area contributed by atoms with E-state index in [0.717, 1.165) is 30.9 Å². The summed E-state index contributed by atoms with van der Waals surface area (Å²) in [5, 5.41) is 6.06. The largest absolute Gasteiger partial charge is 0.484 e. The molecule has 0 aliphatic heterocycles. The Bertz CT molecular complexity index is 538. The van der Waals surface area contributed by atoms with E-state index in [1.165, 1.54) is 0 Å². The molecule has 0 saturated carbocycles. The van der Waals surface area contributed by atoms with Gasteiger partial charge in [-0.25, -0.2) is 0 Å². The number of benzene rings is 1. The molecule has 0 bridgehead atoms. The molecular formula is C18H31IN4O2. The van der Waals surface area contributed by atoms with Gasteiger partial charge in [-0.05, 0) is 31.0 Å². The van der Waals surface area contributed by atoms with Gasteiger partial charge in [-0.2, -0.15) is 0 Å². The van der Waals surface area contributed by atoms with Crippen LogP contribution in [0, 0.1) is 0 Å². The van der Waals surface area contributed by atoms with E-state index in [0.29, 0.717) is 18.8 Å². The van der Waals surface area contributed by atoms with Gasteiger partial charge in [-0.3, -0.25) is 9.79 Å². The monoisotopic (exact) mass is 462 g/mol. The Hall–Kier alpha value is -1.51. The zero-order valence-corrected chi connectivity index (χ0v) is 18.0. The summed E-state index contributed by atoms with van der Waals surface area (Å²) in [6.45, 7) is 6.33. The molecule has 6 nitrogen and oxygen atoms in total. The number of aliphatic imine (C=N–C) groups is 1. The van der Waals surface area contributed by atoms with E-state index in [9.17, 15) is 4.79 Å². The topological polar surface area (TPSA) is 66.0 Å². The lowest BCUT2D eigenvalue weighted by atomic mass is 10.2. The molecule has 0 saturated heterocycles. The maximum Gasteiger partial charge on any atom is 0.257 e. The Labute approximate surface area is 168 Å². The predicted molar refractivity (Wildman–Crippen MR) is 114 cm³/mol. The number of carbonyl (C=O) groups excluding carboxylic acids is 1. The van der Waals surface area contributed by atoms with Gasteiger partial charge in [0.1, 0.15) is 5.75 Å². The molecule has 0 spiro atoms. The highest BCUT2D eigenvalue weighted by Gasteiger charge is 2.06. The quantitative estimate of drug-likeness (QED) is 0.337. The molecule has 0 fully saturated rings. The first-order chi connectivity index (χ1) is 11.6. The fourth-order valence-corrected chi connectivity index (χ4v) is 2.21. The lowest BCUT2D eigenvalue weighted by Crippen LogP contribution is -2.38. The van der Waals surface area contributed by atoms with Crippen molar-refractivity contribution >= 4 is 35.8 Å². The minimum absolute atomic E-state index is 0. The van der Waals surface area contributed by atoms with Crippen LogP contribution in [-0.2, 0) is 11.3 Å². The van der Waals surface area contributed by atoms with Crippen molar-refractivity contribution < 1.29 is 9.53 Å². The SMILES string of the molecule is CCCCN(C)C(=NC)NCc1cccc(OCC(=O)NCC)c1.I. The van der Waals surface area contributed by atoms with Crippen LogP contribution in [0.4, 0.5) is 0 Å². The summed E-state index contributed by atoms with van der Waals surface area (Å²) in [6.07, 6.45) is 2.30. The van der Waals surface area contributed by atoms with Crippen molar-refractivity contribution in [1.82, 2.24) is 15.5 Å². The zero-order chi connectivity index (χ0) is 17.8. The summed E-state index contributed by atoms with van der Waals surface area (Å²) >= 11 is 0. The summed E-state index contributed by atoms with van der Waals surface area (Å²) in [5.74, 6) is 1.45. The number of ether oxygens (including phenoxy) is 1. The van der Waals surface area contributed by atoms with Crippen LogP contribution in [-0.4, -0.2) is 50.6 Å². The highest BCUT2D eigenvalue weighted by atomic mass is 127. The van der Waals surface area contributed by atoms with Crippen molar-refractivity contribution in [1.29, 1.82) is 0 Å². The molecule has 0 aromatic heterocycles. The van der Waals surface area contributed by atoms with Gasteiger partial charge in [-0.1, -0.05) is 25.5 Å². The first-order valence-corrected chi connectivity index (χ1v) is 8.50. The van der Waals surface area contributed by atoms with Crippen LogP contribution in [0.1, 0.15) is 32.3 Å². The second-order valence-electron chi connectivity index (χ2n) is 5.57. The van der Waals surface area contributed by atoms with Gasteiger partial charge in [0, 0.05) is 33.7 Å². The summed E-state index contributed by atoms with van der Waals surface area (Å²) in [5.41, 5.74) is 1.08. The van der Waals surface area contributed by atoms with Crippen LogP contribution >= 0.6 is 24.0 Å². The third kappa shape index (κ3) is 9.52. The first-order valence-electron chi connectivity index (χ1n) is 8.50. The van der Waals surface area contributed by atoms with E-state index >= 15 is 0 Å².